The van der Waals surface area contributed by atoms with Gasteiger partial charge in [0.2, 0.25) is 0 Å². The monoisotopic (exact) mass is 498 g/mol. The number of unbranched alkanes of at least 4 members (excludes halogenated alkanes) is 12. The summed E-state index contributed by atoms with van der Waals surface area (Å²) in [5.74, 6) is -1.88. The molecule has 7 nitrogen and oxygen atoms in total. The number of ether oxygens (including phenoxy) is 1. The summed E-state index contributed by atoms with van der Waals surface area (Å²) in [5.41, 5.74) is 0. The Morgan fingerprint density at radius 3 is 1.50 bits per heavy atom. The molecule has 0 aromatic carbocycles. The Morgan fingerprint density at radius 2 is 1.16 bits per heavy atom. The first-order chi connectivity index (χ1) is 14.1. The number of rotatable bonds is 20. The normalized spacial score (nSPS) is 12.0. The number of aliphatic carboxylic acids is 1. The van der Waals surface area contributed by atoms with E-state index in [2.05, 4.69) is 13.8 Å². The summed E-state index contributed by atoms with van der Waals surface area (Å²) >= 11 is 0. The largest absolute Gasteiger partial charge is 1.00 e. The predicted octanol–water partition coefficient (Wildman–Crippen LogP) is -0.389. The van der Waals surface area contributed by atoms with Crippen molar-refractivity contribution in [3.05, 3.63) is 0 Å². The Labute approximate surface area is 242 Å². The number of carboxylic acids is 1. The average Bonchev–Trinajstić information content (AvgIpc) is 2.64. The molecule has 0 amide bonds. The van der Waals surface area contributed by atoms with Crippen LogP contribution in [0.5, 0.6) is 0 Å². The quantitative estimate of drug-likeness (QED) is 0.102. The second-order valence-corrected chi connectivity index (χ2v) is 10.1. The zero-order valence-corrected chi connectivity index (χ0v) is 25.6. The van der Waals surface area contributed by atoms with Crippen LogP contribution in [0.1, 0.15) is 113 Å². The smallest absolute Gasteiger partial charge is 1.00 e. The van der Waals surface area contributed by atoms with E-state index in [0.29, 0.717) is 6.42 Å². The maximum Gasteiger partial charge on any atom is 1.00 e. The van der Waals surface area contributed by atoms with Gasteiger partial charge in [0.05, 0.1) is 13.0 Å². The van der Waals surface area contributed by atoms with Crippen LogP contribution in [0.25, 0.3) is 0 Å². The number of hydrogen-bond acceptors (Lipinski definition) is 5. The molecule has 0 aliphatic carbocycles. The third-order valence-electron chi connectivity index (χ3n) is 5.15. The van der Waals surface area contributed by atoms with Gasteiger partial charge in [0.15, 0.2) is 5.25 Å². The van der Waals surface area contributed by atoms with Crippen molar-refractivity contribution in [1.82, 2.24) is 0 Å². The molecule has 10 heteroatoms. The van der Waals surface area contributed by atoms with E-state index in [1.54, 1.807) is 0 Å². The molecular formula is C22H44Na2O7S. The molecule has 0 fully saturated rings. The van der Waals surface area contributed by atoms with Crippen LogP contribution in [0.4, 0.5) is 0 Å². The summed E-state index contributed by atoms with van der Waals surface area (Å²) in [4.78, 5) is 22.3. The number of carboxylic acid groups (broad SMARTS) is 1. The molecule has 2 N–H and O–H groups in total. The van der Waals surface area contributed by atoms with Gasteiger partial charge in [0, 0.05) is 0 Å². The van der Waals surface area contributed by atoms with E-state index < -0.39 is 33.7 Å². The fourth-order valence-corrected chi connectivity index (χ4v) is 4.00. The van der Waals surface area contributed by atoms with Crippen LogP contribution in [0.2, 0.25) is 0 Å². The predicted molar refractivity (Wildman–Crippen MR) is 120 cm³/mol. The number of esters is 1. The summed E-state index contributed by atoms with van der Waals surface area (Å²) in [6, 6.07) is 0. The van der Waals surface area contributed by atoms with Crippen molar-refractivity contribution in [2.75, 3.05) is 6.61 Å². The Kier molecular flexibility index (Phi) is 27.6. The number of carbonyl (C=O) groups is 2. The van der Waals surface area contributed by atoms with Crippen LogP contribution in [0, 0.1) is 5.92 Å². The minimum Gasteiger partial charge on any atom is -1.00 e. The van der Waals surface area contributed by atoms with E-state index in [0.717, 1.165) is 25.2 Å². The zero-order valence-electron chi connectivity index (χ0n) is 22.8. The molecule has 1 atom stereocenters. The minimum absolute atomic E-state index is 0. The van der Waals surface area contributed by atoms with Gasteiger partial charge in [0.25, 0.3) is 10.1 Å². The summed E-state index contributed by atoms with van der Waals surface area (Å²) in [6.07, 6.45) is 15.7. The molecule has 0 heterocycles. The molecule has 0 saturated heterocycles. The second-order valence-electron chi connectivity index (χ2n) is 8.55. The first-order valence-corrected chi connectivity index (χ1v) is 13.0. The summed E-state index contributed by atoms with van der Waals surface area (Å²) in [5, 5.41) is 6.57. The Balaban J connectivity index is -0.000000701. The molecule has 32 heavy (non-hydrogen) atoms. The van der Waals surface area contributed by atoms with E-state index in [4.69, 9.17) is 14.4 Å². The minimum atomic E-state index is -4.79. The Bertz CT molecular complexity index is 580. The van der Waals surface area contributed by atoms with Crippen LogP contribution in [-0.2, 0) is 24.4 Å². The zero-order chi connectivity index (χ0) is 22.8. The van der Waals surface area contributed by atoms with Gasteiger partial charge in [-0.15, -0.1) is 0 Å². The van der Waals surface area contributed by atoms with E-state index in [1.807, 2.05) is 0 Å². The van der Waals surface area contributed by atoms with E-state index in [-0.39, 0.29) is 68.6 Å². The van der Waals surface area contributed by atoms with Gasteiger partial charge in [-0.05, 0) is 12.3 Å². The maximum absolute atomic E-state index is 11.7. The summed E-state index contributed by atoms with van der Waals surface area (Å²) in [7, 11) is -4.79. The van der Waals surface area contributed by atoms with Gasteiger partial charge in [0.1, 0.15) is 0 Å². The molecule has 1 unspecified atom stereocenters. The van der Waals surface area contributed by atoms with Gasteiger partial charge >= 0.3 is 71.1 Å². The van der Waals surface area contributed by atoms with Crippen molar-refractivity contribution in [2.24, 2.45) is 5.92 Å². The van der Waals surface area contributed by atoms with Crippen LogP contribution in [-0.4, -0.2) is 41.9 Å². The van der Waals surface area contributed by atoms with Crippen LogP contribution in [0.15, 0.2) is 0 Å². The van der Waals surface area contributed by atoms with Gasteiger partial charge in [-0.1, -0.05) is 97.3 Å². The molecule has 0 aliphatic rings. The number of hydrogen-bond donors (Lipinski definition) is 2. The van der Waals surface area contributed by atoms with Crippen LogP contribution in [0.3, 0.4) is 0 Å². The fraction of sp³-hybridized carbons (Fsp3) is 0.909. The third-order valence-corrected chi connectivity index (χ3v) is 6.23. The van der Waals surface area contributed by atoms with Crippen molar-refractivity contribution in [2.45, 2.75) is 115 Å². The topological polar surface area (TPSA) is 118 Å². The first kappa shape index (κ1) is 37.4. The van der Waals surface area contributed by atoms with Crippen LogP contribution < -0.4 is 59.1 Å². The number of carbonyl (C=O) groups excluding carboxylic acids is 1. The van der Waals surface area contributed by atoms with Gasteiger partial charge < -0.3 is 12.7 Å². The van der Waals surface area contributed by atoms with E-state index in [9.17, 15) is 18.0 Å². The first-order valence-electron chi connectivity index (χ1n) is 11.5. The van der Waals surface area contributed by atoms with Crippen molar-refractivity contribution >= 4 is 22.1 Å². The second kappa shape index (κ2) is 23.6. The Hall–Kier alpha value is 0.850. The molecule has 182 valence electrons. The molecule has 0 bridgehead atoms. The molecule has 0 spiro atoms. The van der Waals surface area contributed by atoms with Crippen molar-refractivity contribution < 1.29 is 94.4 Å². The molecular weight excluding hydrogens is 454 g/mol. The average molecular weight is 499 g/mol. The SMILES string of the molecule is CC(C)CCCCCCCCCCCCCCCOC(=O)C(CC(=O)O)S(=O)(=O)O.[H-].[H-].[Na+].[Na+]. The van der Waals surface area contributed by atoms with Crippen LogP contribution >= 0.6 is 0 Å². The van der Waals surface area contributed by atoms with Crippen molar-refractivity contribution in [1.29, 1.82) is 0 Å². The van der Waals surface area contributed by atoms with E-state index >= 15 is 0 Å². The molecule has 0 aliphatic heterocycles. The van der Waals surface area contributed by atoms with Crippen molar-refractivity contribution in [3.63, 3.8) is 0 Å². The van der Waals surface area contributed by atoms with Gasteiger partial charge in [-0.25, -0.2) is 0 Å². The standard InChI is InChI=1S/C22H42O7S.2Na.2H/c1-19(2)16-14-12-10-8-6-4-3-5-7-9-11-13-15-17-29-22(25)20(18-21(23)24)30(26,27)28;;;;/h19-20H,3-18H2,1-2H3,(H,23,24)(H,26,27,28);;;;/q;2*+1;2*-1. The maximum atomic E-state index is 11.7. The van der Waals surface area contributed by atoms with Gasteiger partial charge in [-0.2, -0.15) is 8.42 Å². The molecule has 0 radical (unpaired) electrons. The molecule has 0 rings (SSSR count). The van der Waals surface area contributed by atoms with Crippen molar-refractivity contribution in [3.8, 4) is 0 Å². The molecule has 0 aromatic heterocycles. The summed E-state index contributed by atoms with van der Waals surface area (Å²) < 4.78 is 35.9. The van der Waals surface area contributed by atoms with E-state index in [1.165, 1.54) is 64.2 Å². The third kappa shape index (κ3) is 24.0. The molecule has 0 saturated carbocycles. The molecule has 0 aromatic rings. The summed E-state index contributed by atoms with van der Waals surface area (Å²) in [6.45, 7) is 4.59. The fourth-order valence-electron chi connectivity index (χ4n) is 3.33. The Morgan fingerprint density at radius 1 is 0.781 bits per heavy atom. The van der Waals surface area contributed by atoms with Gasteiger partial charge in [-0.3, -0.25) is 14.1 Å².